The summed E-state index contributed by atoms with van der Waals surface area (Å²) in [6.45, 7) is 6.72. The van der Waals surface area contributed by atoms with Gasteiger partial charge in [0.15, 0.2) is 4.96 Å². The molecule has 3 heterocycles. The molecule has 2 aliphatic rings. The van der Waals surface area contributed by atoms with Crippen molar-refractivity contribution in [2.45, 2.75) is 58.3 Å². The summed E-state index contributed by atoms with van der Waals surface area (Å²) < 4.78 is 7.62. The molecule has 6 heteroatoms. The van der Waals surface area contributed by atoms with Gasteiger partial charge in [-0.15, -0.1) is 11.3 Å². The fraction of sp³-hybridized carbons (Fsp3) is 0.647. The van der Waals surface area contributed by atoms with Crippen LogP contribution in [-0.2, 0) is 24.1 Å². The number of rotatable bonds is 2. The maximum absolute atomic E-state index is 12.6. The summed E-state index contributed by atoms with van der Waals surface area (Å²) in [7, 11) is 0. The van der Waals surface area contributed by atoms with Gasteiger partial charge in [0.25, 0.3) is 5.56 Å². The Bertz CT molecular complexity index is 772. The molecule has 4 rings (SSSR count). The molecule has 0 radical (unpaired) electrons. The van der Waals surface area contributed by atoms with Crippen LogP contribution < -0.4 is 5.56 Å². The Labute approximate surface area is 139 Å². The van der Waals surface area contributed by atoms with Crippen LogP contribution in [0.4, 0.5) is 0 Å². The lowest BCUT2D eigenvalue weighted by atomic mass is 10.0. The predicted octanol–water partition coefficient (Wildman–Crippen LogP) is 2.24. The van der Waals surface area contributed by atoms with Crippen molar-refractivity contribution < 1.29 is 4.74 Å². The molecule has 1 aliphatic heterocycles. The van der Waals surface area contributed by atoms with Crippen LogP contribution in [0.25, 0.3) is 4.96 Å². The van der Waals surface area contributed by atoms with Crippen LogP contribution in [0.15, 0.2) is 10.9 Å². The maximum atomic E-state index is 12.6. The standard InChI is InChI=1S/C17H23N3O2S/c1-11-8-19(9-12(2)22-11)10-13-7-16(21)20-14-5-3-4-6-15(14)23-17(20)18-13/h7,11-12H,3-6,8-10H2,1-2H3/t11-,12+. The van der Waals surface area contributed by atoms with Gasteiger partial charge in [-0.1, -0.05) is 0 Å². The number of ether oxygens (including phenoxy) is 1. The number of aryl methyl sites for hydroxylation is 2. The van der Waals surface area contributed by atoms with E-state index in [1.807, 2.05) is 4.40 Å². The Morgan fingerprint density at radius 3 is 2.78 bits per heavy atom. The third-order valence-electron chi connectivity index (χ3n) is 4.70. The fourth-order valence-electron chi connectivity index (χ4n) is 3.87. The molecule has 5 nitrogen and oxygen atoms in total. The summed E-state index contributed by atoms with van der Waals surface area (Å²) in [6, 6.07) is 1.72. The van der Waals surface area contributed by atoms with Crippen molar-refractivity contribution in [3.8, 4) is 0 Å². The highest BCUT2D eigenvalue weighted by Gasteiger charge is 2.23. The Balaban J connectivity index is 1.65. The van der Waals surface area contributed by atoms with Gasteiger partial charge in [-0.3, -0.25) is 14.1 Å². The van der Waals surface area contributed by atoms with Gasteiger partial charge in [-0.25, -0.2) is 4.98 Å². The highest BCUT2D eigenvalue weighted by atomic mass is 32.1. The number of hydrogen-bond acceptors (Lipinski definition) is 5. The SMILES string of the molecule is C[C@@H]1CN(Cc2cc(=O)n3c4c(sc3n2)CCCC4)C[C@H](C)O1. The first-order chi connectivity index (χ1) is 11.1. The molecule has 1 aliphatic carbocycles. The van der Waals surface area contributed by atoms with Crippen molar-refractivity contribution in [1.82, 2.24) is 14.3 Å². The van der Waals surface area contributed by atoms with E-state index in [4.69, 9.17) is 9.72 Å². The van der Waals surface area contributed by atoms with Gasteiger partial charge in [0.1, 0.15) is 0 Å². The molecule has 0 amide bonds. The van der Waals surface area contributed by atoms with E-state index in [0.717, 1.165) is 43.1 Å². The first-order valence-corrected chi connectivity index (χ1v) is 9.33. The molecule has 0 saturated carbocycles. The number of thiazole rings is 1. The van der Waals surface area contributed by atoms with Crippen molar-refractivity contribution in [1.29, 1.82) is 0 Å². The van der Waals surface area contributed by atoms with Crippen LogP contribution in [0.2, 0.25) is 0 Å². The van der Waals surface area contributed by atoms with Crippen LogP contribution in [0.5, 0.6) is 0 Å². The van der Waals surface area contributed by atoms with Gasteiger partial charge in [-0.05, 0) is 39.5 Å². The second-order valence-electron chi connectivity index (χ2n) is 6.83. The van der Waals surface area contributed by atoms with Crippen LogP contribution >= 0.6 is 11.3 Å². The summed E-state index contributed by atoms with van der Waals surface area (Å²) in [5.74, 6) is 0. The zero-order chi connectivity index (χ0) is 16.0. The van der Waals surface area contributed by atoms with E-state index in [2.05, 4.69) is 18.7 Å². The molecule has 23 heavy (non-hydrogen) atoms. The van der Waals surface area contributed by atoms with Gasteiger partial charge in [0.05, 0.1) is 17.9 Å². The first-order valence-electron chi connectivity index (χ1n) is 8.51. The predicted molar refractivity (Wildman–Crippen MR) is 91.3 cm³/mol. The van der Waals surface area contributed by atoms with Crippen molar-refractivity contribution >= 4 is 16.3 Å². The molecular formula is C17H23N3O2S. The fourth-order valence-corrected chi connectivity index (χ4v) is 5.10. The van der Waals surface area contributed by atoms with E-state index in [1.165, 1.54) is 23.4 Å². The molecule has 2 aromatic heterocycles. The normalized spacial score (nSPS) is 25.7. The highest BCUT2D eigenvalue weighted by molar-refractivity contribution is 7.17. The van der Waals surface area contributed by atoms with Gasteiger partial charge in [0, 0.05) is 36.3 Å². The van der Waals surface area contributed by atoms with E-state index in [1.54, 1.807) is 17.4 Å². The summed E-state index contributed by atoms with van der Waals surface area (Å²) in [4.78, 5) is 21.9. The Morgan fingerprint density at radius 1 is 1.26 bits per heavy atom. The van der Waals surface area contributed by atoms with E-state index in [-0.39, 0.29) is 17.8 Å². The lowest BCUT2D eigenvalue weighted by molar-refractivity contribution is -0.0707. The number of aromatic nitrogens is 2. The van der Waals surface area contributed by atoms with E-state index in [0.29, 0.717) is 0 Å². The zero-order valence-electron chi connectivity index (χ0n) is 13.7. The molecule has 0 unspecified atom stereocenters. The molecule has 1 fully saturated rings. The number of hydrogen-bond donors (Lipinski definition) is 0. The first kappa shape index (κ1) is 15.3. The number of morpholine rings is 1. The molecule has 2 atom stereocenters. The van der Waals surface area contributed by atoms with Crippen molar-refractivity contribution in [2.75, 3.05) is 13.1 Å². The third kappa shape index (κ3) is 2.95. The lowest BCUT2D eigenvalue weighted by Crippen LogP contribution is -2.45. The van der Waals surface area contributed by atoms with E-state index >= 15 is 0 Å². The Hall–Kier alpha value is -1.24. The van der Waals surface area contributed by atoms with Crippen LogP contribution in [0.1, 0.15) is 43.0 Å². The van der Waals surface area contributed by atoms with Crippen molar-refractivity contribution in [3.63, 3.8) is 0 Å². The largest absolute Gasteiger partial charge is 0.373 e. The average molecular weight is 333 g/mol. The molecule has 0 bridgehead atoms. The summed E-state index contributed by atoms with van der Waals surface area (Å²) >= 11 is 1.70. The van der Waals surface area contributed by atoms with E-state index < -0.39 is 0 Å². The highest BCUT2D eigenvalue weighted by Crippen LogP contribution is 2.28. The molecule has 0 aromatic carbocycles. The summed E-state index contributed by atoms with van der Waals surface area (Å²) in [5.41, 5.74) is 2.17. The number of nitrogens with zero attached hydrogens (tertiary/aromatic N) is 3. The molecule has 0 N–H and O–H groups in total. The molecule has 0 spiro atoms. The number of fused-ring (bicyclic) bond motifs is 3. The average Bonchev–Trinajstić information content (AvgIpc) is 2.84. The van der Waals surface area contributed by atoms with Crippen LogP contribution in [0.3, 0.4) is 0 Å². The van der Waals surface area contributed by atoms with Crippen LogP contribution in [0, 0.1) is 0 Å². The molecule has 1 saturated heterocycles. The monoisotopic (exact) mass is 333 g/mol. The summed E-state index contributed by atoms with van der Waals surface area (Å²) in [6.07, 6.45) is 4.97. The minimum atomic E-state index is 0.0822. The molecular weight excluding hydrogens is 310 g/mol. The zero-order valence-corrected chi connectivity index (χ0v) is 14.6. The maximum Gasteiger partial charge on any atom is 0.259 e. The lowest BCUT2D eigenvalue weighted by Gasteiger charge is -2.34. The second kappa shape index (κ2) is 6.00. The van der Waals surface area contributed by atoms with Crippen molar-refractivity contribution in [3.05, 3.63) is 32.7 Å². The minimum absolute atomic E-state index is 0.0822. The van der Waals surface area contributed by atoms with Gasteiger partial charge >= 0.3 is 0 Å². The quantitative estimate of drug-likeness (QED) is 0.846. The third-order valence-corrected chi connectivity index (χ3v) is 5.84. The van der Waals surface area contributed by atoms with Crippen LogP contribution in [-0.4, -0.2) is 39.6 Å². The van der Waals surface area contributed by atoms with Gasteiger partial charge in [0.2, 0.25) is 0 Å². The molecule has 124 valence electrons. The van der Waals surface area contributed by atoms with E-state index in [9.17, 15) is 4.79 Å². The molecule has 2 aromatic rings. The van der Waals surface area contributed by atoms with Gasteiger partial charge < -0.3 is 4.74 Å². The Morgan fingerprint density at radius 2 is 2.00 bits per heavy atom. The van der Waals surface area contributed by atoms with Gasteiger partial charge in [-0.2, -0.15) is 0 Å². The Kier molecular flexibility index (Phi) is 3.99. The summed E-state index contributed by atoms with van der Waals surface area (Å²) in [5, 5.41) is 0. The smallest absolute Gasteiger partial charge is 0.259 e. The van der Waals surface area contributed by atoms with Crippen molar-refractivity contribution in [2.24, 2.45) is 0 Å². The topological polar surface area (TPSA) is 46.8 Å². The second-order valence-corrected chi connectivity index (χ2v) is 7.90. The minimum Gasteiger partial charge on any atom is -0.373 e.